The van der Waals surface area contributed by atoms with Gasteiger partial charge in [-0.25, -0.2) is 9.50 Å². The predicted octanol–water partition coefficient (Wildman–Crippen LogP) is 2.94. The van der Waals surface area contributed by atoms with E-state index in [0.717, 1.165) is 60.4 Å². The smallest absolute Gasteiger partial charge is 0.158 e. The van der Waals surface area contributed by atoms with E-state index in [0.29, 0.717) is 6.04 Å². The van der Waals surface area contributed by atoms with Gasteiger partial charge in [0.1, 0.15) is 11.8 Å². The fourth-order valence-corrected chi connectivity index (χ4v) is 3.93. The van der Waals surface area contributed by atoms with Gasteiger partial charge in [0.2, 0.25) is 0 Å². The van der Waals surface area contributed by atoms with Gasteiger partial charge in [-0.15, -0.1) is 0 Å². The molecule has 4 heterocycles. The van der Waals surface area contributed by atoms with Crippen LogP contribution in [0.5, 0.6) is 0 Å². The number of rotatable bonds is 4. The van der Waals surface area contributed by atoms with Crippen LogP contribution in [0.1, 0.15) is 18.4 Å². The molecular weight excluding hydrogens is 350 g/mol. The second-order valence-electron chi connectivity index (χ2n) is 7.36. The highest BCUT2D eigenvalue weighted by molar-refractivity contribution is 5.94. The van der Waals surface area contributed by atoms with Crippen molar-refractivity contribution in [1.29, 1.82) is 0 Å². The van der Waals surface area contributed by atoms with Crippen molar-refractivity contribution in [2.24, 2.45) is 5.73 Å². The summed E-state index contributed by atoms with van der Waals surface area (Å²) < 4.78 is 1.89. The van der Waals surface area contributed by atoms with Crippen molar-refractivity contribution < 1.29 is 0 Å². The number of hydrogen-bond donors (Lipinski definition) is 2. The van der Waals surface area contributed by atoms with Gasteiger partial charge in [0.05, 0.1) is 5.52 Å². The molecule has 1 aliphatic heterocycles. The number of hydrogen-bond acceptors (Lipinski definition) is 6. The molecule has 0 unspecified atom stereocenters. The van der Waals surface area contributed by atoms with Gasteiger partial charge >= 0.3 is 0 Å². The van der Waals surface area contributed by atoms with Gasteiger partial charge in [0, 0.05) is 36.1 Å². The van der Waals surface area contributed by atoms with E-state index in [1.807, 2.05) is 35.1 Å². The highest BCUT2D eigenvalue weighted by atomic mass is 15.3. The van der Waals surface area contributed by atoms with Crippen LogP contribution >= 0.6 is 0 Å². The van der Waals surface area contributed by atoms with Gasteiger partial charge in [-0.05, 0) is 61.8 Å². The SMILES string of the molecule is NC1CCN(Cc2ccn3ncnc(Nc4cccc5ncccc45)c23)CC1. The Labute approximate surface area is 163 Å². The number of piperidine rings is 1. The molecule has 3 aromatic heterocycles. The minimum Gasteiger partial charge on any atom is -0.338 e. The van der Waals surface area contributed by atoms with Crippen molar-refractivity contribution in [2.45, 2.75) is 25.4 Å². The number of benzene rings is 1. The molecule has 1 saturated heterocycles. The minimum absolute atomic E-state index is 0.336. The molecule has 0 radical (unpaired) electrons. The molecule has 1 aliphatic rings. The average molecular weight is 373 g/mol. The van der Waals surface area contributed by atoms with E-state index in [-0.39, 0.29) is 0 Å². The van der Waals surface area contributed by atoms with Gasteiger partial charge in [-0.1, -0.05) is 6.07 Å². The number of anilines is 2. The van der Waals surface area contributed by atoms with Crippen molar-refractivity contribution >= 4 is 27.9 Å². The fraction of sp³-hybridized carbons (Fsp3) is 0.286. The molecule has 0 saturated carbocycles. The molecule has 5 rings (SSSR count). The van der Waals surface area contributed by atoms with Crippen LogP contribution in [0, 0.1) is 0 Å². The molecule has 7 nitrogen and oxygen atoms in total. The summed E-state index contributed by atoms with van der Waals surface area (Å²) in [6.07, 6.45) is 7.50. The zero-order valence-corrected chi connectivity index (χ0v) is 15.6. The lowest BCUT2D eigenvalue weighted by Crippen LogP contribution is -2.39. The summed E-state index contributed by atoms with van der Waals surface area (Å²) >= 11 is 0. The van der Waals surface area contributed by atoms with E-state index in [1.165, 1.54) is 5.56 Å². The zero-order chi connectivity index (χ0) is 18.9. The van der Waals surface area contributed by atoms with Crippen LogP contribution in [0.4, 0.5) is 11.5 Å². The normalized spacial score (nSPS) is 16.0. The second kappa shape index (κ2) is 7.18. The summed E-state index contributed by atoms with van der Waals surface area (Å²) in [7, 11) is 0. The molecule has 0 spiro atoms. The highest BCUT2D eigenvalue weighted by Crippen LogP contribution is 2.28. The molecule has 0 bridgehead atoms. The standard InChI is InChI=1S/C21H23N7/c22-16-7-10-27(11-8-16)13-15-6-12-28-20(15)21(24-14-25-28)26-19-5-1-4-18-17(19)3-2-9-23-18/h1-6,9,12,14,16H,7-8,10-11,13,22H2,(H,24,25,26). The summed E-state index contributed by atoms with van der Waals surface area (Å²) in [6, 6.07) is 12.6. The topological polar surface area (TPSA) is 84.4 Å². The summed E-state index contributed by atoms with van der Waals surface area (Å²) in [6.45, 7) is 2.94. The molecule has 28 heavy (non-hydrogen) atoms. The van der Waals surface area contributed by atoms with Gasteiger partial charge in [0.25, 0.3) is 0 Å². The minimum atomic E-state index is 0.336. The number of nitrogens with zero attached hydrogens (tertiary/aromatic N) is 5. The third-order valence-corrected chi connectivity index (χ3v) is 5.46. The maximum Gasteiger partial charge on any atom is 0.158 e. The molecule has 0 aliphatic carbocycles. The Kier molecular flexibility index (Phi) is 4.38. The molecule has 142 valence electrons. The Morgan fingerprint density at radius 1 is 1.07 bits per heavy atom. The number of likely N-dealkylation sites (tertiary alicyclic amines) is 1. The van der Waals surface area contributed by atoms with E-state index < -0.39 is 0 Å². The molecule has 4 aromatic rings. The maximum absolute atomic E-state index is 6.05. The molecule has 7 heteroatoms. The lowest BCUT2D eigenvalue weighted by atomic mass is 10.1. The van der Waals surface area contributed by atoms with Gasteiger partial charge in [0.15, 0.2) is 5.82 Å². The predicted molar refractivity (Wildman–Crippen MR) is 110 cm³/mol. The first-order chi connectivity index (χ1) is 13.8. The Bertz CT molecular complexity index is 1110. The number of aromatic nitrogens is 4. The molecule has 0 amide bonds. The van der Waals surface area contributed by atoms with Crippen LogP contribution < -0.4 is 11.1 Å². The van der Waals surface area contributed by atoms with Crippen LogP contribution in [0.25, 0.3) is 16.4 Å². The summed E-state index contributed by atoms with van der Waals surface area (Å²) in [5.74, 6) is 0.806. The summed E-state index contributed by atoms with van der Waals surface area (Å²) in [4.78, 5) is 11.4. The largest absolute Gasteiger partial charge is 0.338 e. The molecule has 0 atom stereocenters. The first-order valence-electron chi connectivity index (χ1n) is 9.68. The quantitative estimate of drug-likeness (QED) is 0.572. The van der Waals surface area contributed by atoms with E-state index in [1.54, 1.807) is 6.33 Å². The molecular formula is C21H23N7. The number of nitrogens with two attached hydrogens (primary N) is 1. The number of pyridine rings is 1. The fourth-order valence-electron chi connectivity index (χ4n) is 3.93. The van der Waals surface area contributed by atoms with Gasteiger partial charge in [-0.3, -0.25) is 9.88 Å². The molecule has 3 N–H and O–H groups in total. The Hall–Kier alpha value is -3.03. The maximum atomic E-state index is 6.05. The van der Waals surface area contributed by atoms with E-state index in [2.05, 4.69) is 43.5 Å². The van der Waals surface area contributed by atoms with Crippen LogP contribution in [0.15, 0.2) is 55.1 Å². The monoisotopic (exact) mass is 373 g/mol. The van der Waals surface area contributed by atoms with Crippen LogP contribution in [0.3, 0.4) is 0 Å². The Morgan fingerprint density at radius 2 is 1.96 bits per heavy atom. The van der Waals surface area contributed by atoms with Crippen LogP contribution in [0.2, 0.25) is 0 Å². The first kappa shape index (κ1) is 17.1. The van der Waals surface area contributed by atoms with Crippen LogP contribution in [-0.4, -0.2) is 43.6 Å². The zero-order valence-electron chi connectivity index (χ0n) is 15.6. The van der Waals surface area contributed by atoms with E-state index >= 15 is 0 Å². The van der Waals surface area contributed by atoms with Crippen molar-refractivity contribution in [1.82, 2.24) is 24.5 Å². The van der Waals surface area contributed by atoms with Crippen molar-refractivity contribution in [3.05, 3.63) is 60.7 Å². The molecule has 1 fully saturated rings. The lowest BCUT2D eigenvalue weighted by molar-refractivity contribution is 0.206. The van der Waals surface area contributed by atoms with Gasteiger partial charge in [-0.2, -0.15) is 5.10 Å². The third-order valence-electron chi connectivity index (χ3n) is 5.46. The van der Waals surface area contributed by atoms with Crippen molar-refractivity contribution in [2.75, 3.05) is 18.4 Å². The Balaban J connectivity index is 1.50. The number of fused-ring (bicyclic) bond motifs is 2. The summed E-state index contributed by atoms with van der Waals surface area (Å²) in [5.41, 5.74) is 10.2. The first-order valence-corrected chi connectivity index (χ1v) is 9.68. The lowest BCUT2D eigenvalue weighted by Gasteiger charge is -2.29. The van der Waals surface area contributed by atoms with E-state index in [4.69, 9.17) is 5.73 Å². The van der Waals surface area contributed by atoms with Crippen molar-refractivity contribution in [3.63, 3.8) is 0 Å². The number of nitrogens with one attached hydrogen (secondary N) is 1. The van der Waals surface area contributed by atoms with Gasteiger partial charge < -0.3 is 11.1 Å². The molecule has 1 aromatic carbocycles. The average Bonchev–Trinajstić information content (AvgIpc) is 3.14. The summed E-state index contributed by atoms with van der Waals surface area (Å²) in [5, 5.41) is 8.97. The third kappa shape index (κ3) is 3.19. The van der Waals surface area contributed by atoms with Crippen LogP contribution in [-0.2, 0) is 6.54 Å². The Morgan fingerprint density at radius 3 is 2.86 bits per heavy atom. The van der Waals surface area contributed by atoms with E-state index in [9.17, 15) is 0 Å². The van der Waals surface area contributed by atoms with Crippen molar-refractivity contribution in [3.8, 4) is 0 Å². The second-order valence-corrected chi connectivity index (χ2v) is 7.36. The highest BCUT2D eigenvalue weighted by Gasteiger charge is 2.19.